The molecule has 82 heavy (non-hydrogen) atoms. The van der Waals surface area contributed by atoms with E-state index in [4.69, 9.17) is 4.74 Å². The zero-order chi connectivity index (χ0) is 59.2. The largest absolute Gasteiger partial charge is 0.466 e. The van der Waals surface area contributed by atoms with Crippen molar-refractivity contribution in [3.63, 3.8) is 0 Å². The van der Waals surface area contributed by atoms with E-state index in [1.165, 1.54) is 360 Å². The second kappa shape index (κ2) is 71.8. The van der Waals surface area contributed by atoms with Gasteiger partial charge in [-0.05, 0) is 57.8 Å². The Morgan fingerprint density at radius 3 is 0.866 bits per heavy atom. The summed E-state index contributed by atoms with van der Waals surface area (Å²) in [5.41, 5.74) is 0. The van der Waals surface area contributed by atoms with Crippen LogP contribution in [0.4, 0.5) is 0 Å². The lowest BCUT2D eigenvalue weighted by molar-refractivity contribution is -0.143. The van der Waals surface area contributed by atoms with Crippen molar-refractivity contribution >= 4 is 11.9 Å². The van der Waals surface area contributed by atoms with Gasteiger partial charge in [0, 0.05) is 12.8 Å². The van der Waals surface area contributed by atoms with E-state index < -0.39 is 12.1 Å². The molecule has 1 amide bonds. The lowest BCUT2D eigenvalue weighted by Gasteiger charge is -2.20. The van der Waals surface area contributed by atoms with Crippen LogP contribution in [0.1, 0.15) is 425 Å². The van der Waals surface area contributed by atoms with Crippen molar-refractivity contribution < 1.29 is 24.5 Å². The van der Waals surface area contributed by atoms with E-state index in [1.54, 1.807) is 6.08 Å². The molecule has 0 aromatic carbocycles. The molecule has 486 valence electrons. The maximum Gasteiger partial charge on any atom is 0.305 e. The summed E-state index contributed by atoms with van der Waals surface area (Å²) in [7, 11) is 0. The highest BCUT2D eigenvalue weighted by Crippen LogP contribution is 2.19. The van der Waals surface area contributed by atoms with E-state index in [9.17, 15) is 19.8 Å². The van der Waals surface area contributed by atoms with Crippen molar-refractivity contribution in [3.8, 4) is 0 Å². The number of ether oxygens (including phenoxy) is 1. The topological polar surface area (TPSA) is 95.9 Å². The van der Waals surface area contributed by atoms with Crippen LogP contribution < -0.4 is 5.32 Å². The highest BCUT2D eigenvalue weighted by molar-refractivity contribution is 5.76. The normalized spacial score (nSPS) is 12.6. The zero-order valence-corrected chi connectivity index (χ0v) is 55.8. The molecule has 0 spiro atoms. The minimum Gasteiger partial charge on any atom is -0.466 e. The first-order chi connectivity index (χ1) is 40.5. The van der Waals surface area contributed by atoms with Gasteiger partial charge in [-0.3, -0.25) is 9.59 Å². The van der Waals surface area contributed by atoms with E-state index in [0.29, 0.717) is 19.4 Å². The highest BCUT2D eigenvalue weighted by Gasteiger charge is 2.18. The average Bonchev–Trinajstić information content (AvgIpc) is 3.48. The Hall–Kier alpha value is -1.66. The predicted octanol–water partition coefficient (Wildman–Crippen LogP) is 24.5. The molecule has 0 rings (SSSR count). The molecular weight excluding hydrogens is 1010 g/mol. The van der Waals surface area contributed by atoms with Gasteiger partial charge < -0.3 is 20.3 Å². The highest BCUT2D eigenvalue weighted by atomic mass is 16.5. The van der Waals surface area contributed by atoms with Crippen LogP contribution in [0.2, 0.25) is 0 Å². The summed E-state index contributed by atoms with van der Waals surface area (Å²) < 4.78 is 5.50. The molecule has 6 heteroatoms. The molecule has 0 saturated carbocycles. The van der Waals surface area contributed by atoms with Gasteiger partial charge in [0.15, 0.2) is 0 Å². The Morgan fingerprint density at radius 2 is 0.573 bits per heavy atom. The number of hydrogen-bond donors (Lipinski definition) is 3. The molecule has 0 aliphatic rings. The first kappa shape index (κ1) is 80.3. The van der Waals surface area contributed by atoms with Gasteiger partial charge in [0.2, 0.25) is 5.91 Å². The number of allylic oxidation sites excluding steroid dienone is 3. The van der Waals surface area contributed by atoms with Gasteiger partial charge in [0.25, 0.3) is 0 Å². The summed E-state index contributed by atoms with van der Waals surface area (Å²) in [4.78, 5) is 24.6. The third-order valence-corrected chi connectivity index (χ3v) is 17.7. The Bertz CT molecular complexity index is 1280. The van der Waals surface area contributed by atoms with E-state index in [2.05, 4.69) is 31.3 Å². The Balaban J connectivity index is 3.40. The molecule has 2 unspecified atom stereocenters. The van der Waals surface area contributed by atoms with Crippen LogP contribution in [0.3, 0.4) is 0 Å². The van der Waals surface area contributed by atoms with E-state index >= 15 is 0 Å². The van der Waals surface area contributed by atoms with Gasteiger partial charge >= 0.3 is 5.97 Å². The van der Waals surface area contributed by atoms with Crippen molar-refractivity contribution in [2.75, 3.05) is 13.2 Å². The quantitative estimate of drug-likeness (QED) is 0.0320. The molecule has 3 N–H and O–H groups in total. The monoisotopic (exact) mass is 1150 g/mol. The van der Waals surface area contributed by atoms with Gasteiger partial charge in [0.05, 0.1) is 25.4 Å². The molecule has 0 aromatic heterocycles. The lowest BCUT2D eigenvalue weighted by atomic mass is 10.0. The average molecular weight is 1160 g/mol. The number of carbonyl (C=O) groups is 2. The van der Waals surface area contributed by atoms with E-state index in [-0.39, 0.29) is 18.5 Å². The minimum atomic E-state index is -0.846. The summed E-state index contributed by atoms with van der Waals surface area (Å²) >= 11 is 0. The molecule has 0 bridgehead atoms. The lowest BCUT2D eigenvalue weighted by Crippen LogP contribution is -2.45. The van der Waals surface area contributed by atoms with Gasteiger partial charge in [-0.1, -0.05) is 378 Å². The second-order valence-corrected chi connectivity index (χ2v) is 26.0. The van der Waals surface area contributed by atoms with Crippen molar-refractivity contribution in [2.45, 2.75) is 437 Å². The molecule has 0 aliphatic heterocycles. The van der Waals surface area contributed by atoms with Crippen LogP contribution in [-0.2, 0) is 14.3 Å². The standard InChI is InChI=1S/C76H147NO5/c1-3-5-7-9-11-13-15-17-19-20-21-22-29-32-35-38-41-44-48-52-56-60-64-68-74(79)73(72-78)77-75(80)69-65-61-57-53-49-45-42-39-36-33-30-27-25-23-24-26-28-31-34-37-40-43-47-51-55-59-63-67-71-82-76(81)70-66-62-58-54-50-46-18-16-14-12-10-8-6-4-2/h23-24,64,68,73-74,78-79H,3-22,25-63,65-67,69-72H2,1-2H3,(H,77,80)/b24-23-,68-64+. The maximum atomic E-state index is 12.5. The number of rotatable bonds is 71. The number of unbranched alkanes of at least 4 members (excludes halogenated alkanes) is 58. The Labute approximate surface area is 513 Å². The first-order valence-electron chi connectivity index (χ1n) is 37.6. The molecule has 0 fully saturated rings. The maximum absolute atomic E-state index is 12.5. The number of aliphatic hydroxyl groups excluding tert-OH is 2. The SMILES string of the molecule is CCCCCCCCCCCCCCCCCCCCCCC/C=C/C(O)C(CO)NC(=O)CCCCCCCCCCCCCC/C=C\CCCCCCCCCCCCCCOC(=O)CCCCCCCCCCCCCCCC. The van der Waals surface area contributed by atoms with Crippen LogP contribution in [0.15, 0.2) is 24.3 Å². The molecular formula is C76H147NO5. The fraction of sp³-hybridized carbons (Fsp3) is 0.921. The Kier molecular flexibility index (Phi) is 70.4. The smallest absolute Gasteiger partial charge is 0.305 e. The zero-order valence-electron chi connectivity index (χ0n) is 55.8. The van der Waals surface area contributed by atoms with Crippen molar-refractivity contribution in [2.24, 2.45) is 0 Å². The third-order valence-electron chi connectivity index (χ3n) is 17.7. The molecule has 0 heterocycles. The van der Waals surface area contributed by atoms with Crippen LogP contribution >= 0.6 is 0 Å². The molecule has 2 atom stereocenters. The predicted molar refractivity (Wildman–Crippen MR) is 361 cm³/mol. The summed E-state index contributed by atoms with van der Waals surface area (Å²) in [5.74, 6) is -0.0445. The summed E-state index contributed by atoms with van der Waals surface area (Å²) in [5, 5.41) is 23.3. The summed E-state index contributed by atoms with van der Waals surface area (Å²) in [6, 6.07) is -0.629. The van der Waals surface area contributed by atoms with E-state index in [0.717, 1.165) is 38.5 Å². The number of hydrogen-bond acceptors (Lipinski definition) is 5. The minimum absolute atomic E-state index is 0.0187. The third kappa shape index (κ3) is 67.5. The molecule has 0 saturated heterocycles. The Morgan fingerprint density at radius 1 is 0.329 bits per heavy atom. The van der Waals surface area contributed by atoms with Gasteiger partial charge in [0.1, 0.15) is 0 Å². The van der Waals surface area contributed by atoms with Crippen LogP contribution in [0, 0.1) is 0 Å². The molecule has 6 nitrogen and oxygen atoms in total. The van der Waals surface area contributed by atoms with Crippen LogP contribution in [0.5, 0.6) is 0 Å². The van der Waals surface area contributed by atoms with E-state index in [1.807, 2.05) is 6.08 Å². The van der Waals surface area contributed by atoms with Crippen LogP contribution in [0.25, 0.3) is 0 Å². The van der Waals surface area contributed by atoms with Gasteiger partial charge in [-0.2, -0.15) is 0 Å². The first-order valence-corrected chi connectivity index (χ1v) is 37.6. The van der Waals surface area contributed by atoms with Crippen molar-refractivity contribution in [1.29, 1.82) is 0 Å². The van der Waals surface area contributed by atoms with Crippen LogP contribution in [-0.4, -0.2) is 47.4 Å². The number of aliphatic hydroxyl groups is 2. The number of amides is 1. The summed E-state index contributed by atoms with van der Waals surface area (Å²) in [6.45, 7) is 4.95. The number of nitrogens with one attached hydrogen (secondary N) is 1. The molecule has 0 aliphatic carbocycles. The number of esters is 1. The van der Waals surface area contributed by atoms with Crippen molar-refractivity contribution in [3.05, 3.63) is 24.3 Å². The van der Waals surface area contributed by atoms with Gasteiger partial charge in [-0.15, -0.1) is 0 Å². The van der Waals surface area contributed by atoms with Crippen molar-refractivity contribution in [1.82, 2.24) is 5.32 Å². The number of carbonyl (C=O) groups excluding carboxylic acids is 2. The fourth-order valence-corrected chi connectivity index (χ4v) is 12.0. The molecule has 0 radical (unpaired) electrons. The second-order valence-electron chi connectivity index (χ2n) is 26.0. The fourth-order valence-electron chi connectivity index (χ4n) is 12.0. The molecule has 0 aromatic rings. The summed E-state index contributed by atoms with van der Waals surface area (Å²) in [6.07, 6.45) is 91.3. The van der Waals surface area contributed by atoms with Gasteiger partial charge in [-0.25, -0.2) is 0 Å².